The number of hydrazone groups is 1. The van der Waals surface area contributed by atoms with Crippen LogP contribution in [0.25, 0.3) is 11.3 Å². The first-order valence-electron chi connectivity index (χ1n) is 6.71. The molecule has 0 bridgehead atoms. The van der Waals surface area contributed by atoms with Crippen molar-refractivity contribution in [1.82, 2.24) is 5.43 Å². The molecule has 0 aliphatic carbocycles. The molecule has 0 aliphatic heterocycles. The summed E-state index contributed by atoms with van der Waals surface area (Å²) in [5.74, 6) is 1.20. The first kappa shape index (κ1) is 16.1. The number of furan rings is 1. The molecule has 1 amide bonds. The Morgan fingerprint density at radius 2 is 1.91 bits per heavy atom. The van der Waals surface area contributed by atoms with Gasteiger partial charge in [0.2, 0.25) is 0 Å². The van der Waals surface area contributed by atoms with Gasteiger partial charge in [-0.2, -0.15) is 5.10 Å². The normalized spacial score (nSPS) is 11.6. The van der Waals surface area contributed by atoms with Gasteiger partial charge in [0.1, 0.15) is 17.1 Å². The lowest BCUT2D eigenvalue weighted by Crippen LogP contribution is -2.29. The second-order valence-corrected chi connectivity index (χ2v) is 6.02. The minimum absolute atomic E-state index is 0.515. The lowest BCUT2D eigenvalue weighted by atomic mass is 10.2. The Labute approximate surface area is 133 Å². The molecule has 0 saturated heterocycles. The molecule has 0 spiro atoms. The number of rotatable bonds is 3. The largest absolute Gasteiger partial charge is 0.455 e. The minimum atomic E-state index is -0.617. The van der Waals surface area contributed by atoms with Gasteiger partial charge in [0, 0.05) is 10.6 Å². The molecule has 0 aliphatic rings. The molecule has 1 heterocycles. The second kappa shape index (κ2) is 6.66. The summed E-state index contributed by atoms with van der Waals surface area (Å²) in [6.45, 7) is 5.34. The van der Waals surface area contributed by atoms with Crippen molar-refractivity contribution in [3.63, 3.8) is 0 Å². The van der Waals surface area contributed by atoms with Crippen molar-refractivity contribution in [2.24, 2.45) is 5.10 Å². The fourth-order valence-corrected chi connectivity index (χ4v) is 1.77. The number of carbonyl (C=O) groups is 1. The maximum atomic E-state index is 11.4. The first-order valence-corrected chi connectivity index (χ1v) is 7.09. The number of nitrogens with zero attached hydrogens (tertiary/aromatic N) is 1. The van der Waals surface area contributed by atoms with Crippen LogP contribution in [0, 0.1) is 0 Å². The van der Waals surface area contributed by atoms with E-state index in [4.69, 9.17) is 20.8 Å². The SMILES string of the molecule is CC(C)(C)OC(=O)N/N=C\c1ccc(-c2ccc(Cl)cc2)o1. The summed E-state index contributed by atoms with van der Waals surface area (Å²) >= 11 is 5.84. The number of amides is 1. The highest BCUT2D eigenvalue weighted by Gasteiger charge is 2.15. The van der Waals surface area contributed by atoms with Crippen molar-refractivity contribution in [2.45, 2.75) is 26.4 Å². The van der Waals surface area contributed by atoms with E-state index in [9.17, 15) is 4.79 Å². The molecule has 0 fully saturated rings. The minimum Gasteiger partial charge on any atom is -0.455 e. The lowest BCUT2D eigenvalue weighted by Gasteiger charge is -2.18. The van der Waals surface area contributed by atoms with Crippen LogP contribution in [0.1, 0.15) is 26.5 Å². The van der Waals surface area contributed by atoms with Crippen LogP contribution in [0.5, 0.6) is 0 Å². The highest BCUT2D eigenvalue weighted by Crippen LogP contribution is 2.23. The van der Waals surface area contributed by atoms with E-state index in [0.717, 1.165) is 5.56 Å². The van der Waals surface area contributed by atoms with Crippen LogP contribution in [-0.4, -0.2) is 17.9 Å². The third-order valence-corrected chi connectivity index (χ3v) is 2.75. The fourth-order valence-electron chi connectivity index (χ4n) is 1.64. The molecular formula is C16H17ClN2O3. The van der Waals surface area contributed by atoms with E-state index in [0.29, 0.717) is 16.5 Å². The van der Waals surface area contributed by atoms with Crippen molar-refractivity contribution in [1.29, 1.82) is 0 Å². The number of hydrogen-bond donors (Lipinski definition) is 1. The molecule has 0 atom stereocenters. The highest BCUT2D eigenvalue weighted by molar-refractivity contribution is 6.30. The lowest BCUT2D eigenvalue weighted by molar-refractivity contribution is 0.0529. The summed E-state index contributed by atoms with van der Waals surface area (Å²) in [6.07, 6.45) is 0.789. The highest BCUT2D eigenvalue weighted by atomic mass is 35.5. The zero-order chi connectivity index (χ0) is 16.2. The van der Waals surface area contributed by atoms with Gasteiger partial charge < -0.3 is 9.15 Å². The van der Waals surface area contributed by atoms with Gasteiger partial charge in [-0.05, 0) is 57.2 Å². The van der Waals surface area contributed by atoms with Crippen LogP contribution in [0.4, 0.5) is 4.79 Å². The number of carbonyl (C=O) groups excluding carboxylic acids is 1. The predicted molar refractivity (Wildman–Crippen MR) is 86.1 cm³/mol. The first-order chi connectivity index (χ1) is 10.3. The summed E-state index contributed by atoms with van der Waals surface area (Å²) in [5, 5.41) is 4.45. The maximum Gasteiger partial charge on any atom is 0.428 e. The van der Waals surface area contributed by atoms with Gasteiger partial charge in [-0.3, -0.25) is 0 Å². The van der Waals surface area contributed by atoms with Crippen LogP contribution < -0.4 is 5.43 Å². The zero-order valence-electron chi connectivity index (χ0n) is 12.6. The van der Waals surface area contributed by atoms with Crippen molar-refractivity contribution < 1.29 is 13.9 Å². The summed E-state index contributed by atoms with van der Waals surface area (Å²) in [5.41, 5.74) is 2.62. The third kappa shape index (κ3) is 4.93. The monoisotopic (exact) mass is 320 g/mol. The fraction of sp³-hybridized carbons (Fsp3) is 0.250. The van der Waals surface area contributed by atoms with Gasteiger partial charge in [-0.1, -0.05) is 11.6 Å². The predicted octanol–water partition coefficient (Wildman–Crippen LogP) is 4.46. The van der Waals surface area contributed by atoms with Gasteiger partial charge in [0.15, 0.2) is 0 Å². The van der Waals surface area contributed by atoms with Gasteiger partial charge in [-0.15, -0.1) is 0 Å². The molecule has 5 nitrogen and oxygen atoms in total. The average Bonchev–Trinajstić information content (AvgIpc) is 2.86. The Morgan fingerprint density at radius 3 is 2.55 bits per heavy atom. The maximum absolute atomic E-state index is 11.4. The Balaban J connectivity index is 1.96. The van der Waals surface area contributed by atoms with E-state index in [1.165, 1.54) is 6.21 Å². The smallest absolute Gasteiger partial charge is 0.428 e. The van der Waals surface area contributed by atoms with E-state index in [1.807, 2.05) is 18.2 Å². The van der Waals surface area contributed by atoms with E-state index >= 15 is 0 Å². The Kier molecular flexibility index (Phi) is 4.88. The van der Waals surface area contributed by atoms with E-state index < -0.39 is 11.7 Å². The van der Waals surface area contributed by atoms with Crippen molar-refractivity contribution in [3.8, 4) is 11.3 Å². The van der Waals surface area contributed by atoms with Gasteiger partial charge in [0.05, 0.1) is 6.21 Å². The standard InChI is InChI=1S/C16H17ClN2O3/c1-16(2,3)22-15(20)19-18-10-13-8-9-14(21-13)11-4-6-12(17)7-5-11/h4-10H,1-3H3,(H,19,20)/b18-10-. The summed E-state index contributed by atoms with van der Waals surface area (Å²) < 4.78 is 10.7. The van der Waals surface area contributed by atoms with Crippen molar-refractivity contribution >= 4 is 23.9 Å². The Bertz CT molecular complexity index is 669. The molecule has 0 saturated carbocycles. The molecular weight excluding hydrogens is 304 g/mol. The molecule has 1 N–H and O–H groups in total. The van der Waals surface area contributed by atoms with Gasteiger partial charge >= 0.3 is 6.09 Å². The average molecular weight is 321 g/mol. The van der Waals surface area contributed by atoms with Crippen LogP contribution in [0.15, 0.2) is 45.9 Å². The van der Waals surface area contributed by atoms with Crippen LogP contribution in [-0.2, 0) is 4.74 Å². The molecule has 1 aromatic carbocycles. The molecule has 22 heavy (non-hydrogen) atoms. The molecule has 2 aromatic rings. The zero-order valence-corrected chi connectivity index (χ0v) is 13.3. The summed E-state index contributed by atoms with van der Waals surface area (Å²) in [7, 11) is 0. The van der Waals surface area contributed by atoms with E-state index in [-0.39, 0.29) is 0 Å². The number of hydrogen-bond acceptors (Lipinski definition) is 4. The van der Waals surface area contributed by atoms with Crippen LogP contribution in [0.3, 0.4) is 0 Å². The van der Waals surface area contributed by atoms with Crippen LogP contribution >= 0.6 is 11.6 Å². The number of halogens is 1. The summed E-state index contributed by atoms with van der Waals surface area (Å²) in [6, 6.07) is 10.9. The van der Waals surface area contributed by atoms with Crippen molar-refractivity contribution in [3.05, 3.63) is 47.2 Å². The topological polar surface area (TPSA) is 63.8 Å². The van der Waals surface area contributed by atoms with E-state index in [1.54, 1.807) is 39.0 Å². The third-order valence-electron chi connectivity index (χ3n) is 2.50. The Hall–Kier alpha value is -2.27. The molecule has 6 heteroatoms. The quantitative estimate of drug-likeness (QED) is 0.671. The number of ether oxygens (including phenoxy) is 1. The molecule has 2 rings (SSSR count). The number of benzene rings is 1. The molecule has 1 aromatic heterocycles. The second-order valence-electron chi connectivity index (χ2n) is 5.58. The number of nitrogens with one attached hydrogen (secondary N) is 1. The summed E-state index contributed by atoms with van der Waals surface area (Å²) in [4.78, 5) is 11.4. The molecule has 116 valence electrons. The van der Waals surface area contributed by atoms with E-state index in [2.05, 4.69) is 10.5 Å². The van der Waals surface area contributed by atoms with Crippen LogP contribution in [0.2, 0.25) is 5.02 Å². The van der Waals surface area contributed by atoms with Gasteiger partial charge in [-0.25, -0.2) is 10.2 Å². The Morgan fingerprint density at radius 1 is 1.23 bits per heavy atom. The molecule has 0 radical (unpaired) electrons. The van der Waals surface area contributed by atoms with Crippen molar-refractivity contribution in [2.75, 3.05) is 0 Å². The molecule has 0 unspecified atom stereocenters. The van der Waals surface area contributed by atoms with Gasteiger partial charge in [0.25, 0.3) is 0 Å².